The Labute approximate surface area is 282 Å². The molecule has 0 radical (unpaired) electrons. The summed E-state index contributed by atoms with van der Waals surface area (Å²) in [5.41, 5.74) is 1.80. The van der Waals surface area contributed by atoms with Gasteiger partial charge in [-0.25, -0.2) is 37.4 Å². The summed E-state index contributed by atoms with van der Waals surface area (Å²) in [5.74, 6) is -7.05. The maximum atomic E-state index is 15.6. The maximum absolute atomic E-state index is 15.6. The fourth-order valence-corrected chi connectivity index (χ4v) is 6.39. The van der Waals surface area contributed by atoms with E-state index >= 15 is 17.6 Å². The standard InChI is InChI=1S/C41H19F4N5/c1-47-29-20-30-41(50-39(23-14-6-3-7-15-23)38(49-30)22-12-4-2-5-13-22)33-31(29)26-18-10-11-19-28(26)48-40(33)25-17-9-8-16-24(25)32-36(44)34(42)27(21-46)35(43)37(32)45/h2-20H. The average Bonchev–Trinajstić information content (AvgIpc) is 3.17. The van der Waals surface area contributed by atoms with E-state index in [4.69, 9.17) is 21.5 Å². The smallest absolute Gasteiger partial charge is 0.197 e. The van der Waals surface area contributed by atoms with Crippen LogP contribution in [0, 0.1) is 41.2 Å². The molecule has 0 saturated heterocycles. The van der Waals surface area contributed by atoms with E-state index < -0.39 is 34.4 Å². The Kier molecular flexibility index (Phi) is 7.24. The van der Waals surface area contributed by atoms with Crippen molar-refractivity contribution in [1.29, 1.82) is 5.26 Å². The van der Waals surface area contributed by atoms with E-state index in [0.717, 1.165) is 11.1 Å². The number of para-hydroxylation sites is 1. The van der Waals surface area contributed by atoms with Crippen LogP contribution in [0.3, 0.4) is 0 Å². The lowest BCUT2D eigenvalue weighted by atomic mass is 9.91. The third-order valence-corrected chi connectivity index (χ3v) is 8.62. The van der Waals surface area contributed by atoms with Crippen LogP contribution in [-0.4, -0.2) is 15.0 Å². The molecule has 0 spiro atoms. The highest BCUT2D eigenvalue weighted by Gasteiger charge is 2.29. The fourth-order valence-electron chi connectivity index (χ4n) is 6.39. The minimum Gasteiger partial charge on any atom is -0.247 e. The van der Waals surface area contributed by atoms with Crippen molar-refractivity contribution in [1.82, 2.24) is 15.0 Å². The fraction of sp³-hybridized carbons (Fsp3) is 0. The van der Waals surface area contributed by atoms with Gasteiger partial charge in [0.1, 0.15) is 11.6 Å². The summed E-state index contributed by atoms with van der Waals surface area (Å²) in [6.07, 6.45) is 0. The van der Waals surface area contributed by atoms with E-state index in [9.17, 15) is 5.26 Å². The van der Waals surface area contributed by atoms with Crippen LogP contribution in [0.5, 0.6) is 0 Å². The van der Waals surface area contributed by atoms with Gasteiger partial charge >= 0.3 is 0 Å². The normalized spacial score (nSPS) is 11.2. The van der Waals surface area contributed by atoms with Crippen molar-refractivity contribution in [3.8, 4) is 51.0 Å². The molecule has 0 atom stereocenters. The van der Waals surface area contributed by atoms with Crippen LogP contribution >= 0.6 is 0 Å². The Hall–Kier alpha value is -6.97. The second kappa shape index (κ2) is 11.9. The van der Waals surface area contributed by atoms with Crippen LogP contribution < -0.4 is 0 Å². The van der Waals surface area contributed by atoms with Gasteiger partial charge in [0.2, 0.25) is 0 Å². The minimum atomic E-state index is -1.81. The van der Waals surface area contributed by atoms with Crippen molar-refractivity contribution in [3.63, 3.8) is 0 Å². The SMILES string of the molecule is [C-]#[N+]c1cc2nc(-c3ccccc3)c(-c3ccccc3)nc2c2c(-c3ccccc3-c3c(F)c(F)c(C#N)c(F)c3F)nc3ccccc3c12. The molecule has 9 heteroatoms. The van der Waals surface area contributed by atoms with Crippen molar-refractivity contribution in [2.24, 2.45) is 0 Å². The number of nitrogens with zero attached hydrogens (tertiary/aromatic N) is 5. The number of pyridine rings is 1. The number of aromatic nitrogens is 3. The molecule has 6 aromatic carbocycles. The maximum Gasteiger partial charge on any atom is 0.197 e. The third-order valence-electron chi connectivity index (χ3n) is 8.62. The summed E-state index contributed by atoms with van der Waals surface area (Å²) in [6, 6.07) is 34.8. The summed E-state index contributed by atoms with van der Waals surface area (Å²) in [4.78, 5) is 19.1. The molecule has 2 heterocycles. The van der Waals surface area contributed by atoms with Gasteiger partial charge in [0.05, 0.1) is 45.8 Å². The van der Waals surface area contributed by atoms with Crippen LogP contribution in [0.1, 0.15) is 5.56 Å². The van der Waals surface area contributed by atoms with Gasteiger partial charge in [-0.2, -0.15) is 5.26 Å². The summed E-state index contributed by atoms with van der Waals surface area (Å²) in [5, 5.41) is 10.7. The van der Waals surface area contributed by atoms with E-state index in [1.54, 1.807) is 24.3 Å². The van der Waals surface area contributed by atoms with Gasteiger partial charge in [0.25, 0.3) is 0 Å². The first-order valence-corrected chi connectivity index (χ1v) is 15.3. The quantitative estimate of drug-likeness (QED) is 0.0818. The summed E-state index contributed by atoms with van der Waals surface area (Å²) >= 11 is 0. The predicted octanol–water partition coefficient (Wildman–Crippen LogP) is 11.0. The van der Waals surface area contributed by atoms with Gasteiger partial charge in [0, 0.05) is 27.5 Å². The molecule has 8 rings (SSSR count). The van der Waals surface area contributed by atoms with Crippen LogP contribution in [-0.2, 0) is 0 Å². The summed E-state index contributed by atoms with van der Waals surface area (Å²) in [6.45, 7) is 8.21. The first kappa shape index (κ1) is 30.4. The highest BCUT2D eigenvalue weighted by molar-refractivity contribution is 6.25. The summed E-state index contributed by atoms with van der Waals surface area (Å²) in [7, 11) is 0. The molecule has 0 aliphatic rings. The Morgan fingerprint density at radius 1 is 0.560 bits per heavy atom. The number of rotatable bonds is 4. The van der Waals surface area contributed by atoms with Crippen LogP contribution in [0.4, 0.5) is 23.2 Å². The number of benzene rings is 6. The zero-order valence-corrected chi connectivity index (χ0v) is 25.7. The van der Waals surface area contributed by atoms with Crippen molar-refractivity contribution in [2.75, 3.05) is 0 Å². The number of hydrogen-bond donors (Lipinski definition) is 0. The molecule has 0 aliphatic carbocycles. The molecule has 50 heavy (non-hydrogen) atoms. The number of nitriles is 1. The van der Waals surface area contributed by atoms with Crippen LogP contribution in [0.15, 0.2) is 115 Å². The number of hydrogen-bond acceptors (Lipinski definition) is 4. The molecule has 8 aromatic rings. The minimum absolute atomic E-state index is 0.114. The first-order chi connectivity index (χ1) is 24.4. The number of fused-ring (bicyclic) bond motifs is 5. The van der Waals surface area contributed by atoms with E-state index in [-0.39, 0.29) is 22.5 Å². The monoisotopic (exact) mass is 657 g/mol. The number of halogens is 4. The lowest BCUT2D eigenvalue weighted by Gasteiger charge is -2.18. The van der Waals surface area contributed by atoms with E-state index in [2.05, 4.69) is 4.85 Å². The van der Waals surface area contributed by atoms with Gasteiger partial charge in [-0.1, -0.05) is 103 Å². The molecule has 0 aliphatic heterocycles. The molecule has 0 fully saturated rings. The van der Waals surface area contributed by atoms with Gasteiger partial charge in [-0.15, -0.1) is 0 Å². The van der Waals surface area contributed by atoms with E-state index in [1.165, 1.54) is 24.3 Å². The van der Waals surface area contributed by atoms with Crippen LogP contribution in [0.2, 0.25) is 0 Å². The Morgan fingerprint density at radius 3 is 1.72 bits per heavy atom. The zero-order valence-electron chi connectivity index (χ0n) is 25.7. The van der Waals surface area contributed by atoms with Gasteiger partial charge < -0.3 is 0 Å². The van der Waals surface area contributed by atoms with E-state index in [1.807, 2.05) is 72.8 Å². The van der Waals surface area contributed by atoms with Crippen molar-refractivity contribution in [2.45, 2.75) is 0 Å². The zero-order chi connectivity index (χ0) is 34.5. The lowest BCUT2D eigenvalue weighted by molar-refractivity contribution is 0.454. The third kappa shape index (κ3) is 4.64. The predicted molar refractivity (Wildman–Crippen MR) is 185 cm³/mol. The molecule has 0 unspecified atom stereocenters. The average molecular weight is 658 g/mol. The molecular weight excluding hydrogens is 638 g/mol. The second-order valence-electron chi connectivity index (χ2n) is 11.4. The Morgan fingerprint density at radius 2 is 1.10 bits per heavy atom. The molecule has 0 N–H and O–H groups in total. The largest absolute Gasteiger partial charge is 0.247 e. The lowest BCUT2D eigenvalue weighted by Crippen LogP contribution is -2.05. The van der Waals surface area contributed by atoms with Gasteiger partial charge in [-0.3, -0.25) is 0 Å². The van der Waals surface area contributed by atoms with Gasteiger partial charge in [0.15, 0.2) is 29.0 Å². The topological polar surface area (TPSA) is 66.8 Å². The Bertz CT molecular complexity index is 2740. The second-order valence-corrected chi connectivity index (χ2v) is 11.4. The molecule has 2 aromatic heterocycles. The Balaban J connectivity index is 1.57. The molecule has 0 bridgehead atoms. The van der Waals surface area contributed by atoms with Crippen LogP contribution in [0.25, 0.3) is 82.5 Å². The molecule has 236 valence electrons. The van der Waals surface area contributed by atoms with Crippen molar-refractivity contribution >= 4 is 38.4 Å². The molecular formula is C41H19F4N5. The molecule has 5 nitrogen and oxygen atoms in total. The van der Waals surface area contributed by atoms with Crippen molar-refractivity contribution in [3.05, 3.63) is 156 Å². The molecule has 0 amide bonds. The highest BCUT2D eigenvalue weighted by atomic mass is 19.2. The van der Waals surface area contributed by atoms with Crippen molar-refractivity contribution < 1.29 is 17.6 Å². The first-order valence-electron chi connectivity index (χ1n) is 15.3. The van der Waals surface area contributed by atoms with E-state index in [0.29, 0.717) is 44.1 Å². The molecule has 0 saturated carbocycles. The summed E-state index contributed by atoms with van der Waals surface area (Å²) < 4.78 is 61.3. The highest BCUT2D eigenvalue weighted by Crippen LogP contribution is 2.46. The van der Waals surface area contributed by atoms with Gasteiger partial charge in [-0.05, 0) is 23.1 Å².